The van der Waals surface area contributed by atoms with Crippen LogP contribution in [0.2, 0.25) is 0 Å². The van der Waals surface area contributed by atoms with Crippen LogP contribution in [0.1, 0.15) is 56.7 Å². The lowest BCUT2D eigenvalue weighted by Crippen LogP contribution is -2.46. The summed E-state index contributed by atoms with van der Waals surface area (Å²) in [6.45, 7) is 6.13. The highest BCUT2D eigenvalue weighted by molar-refractivity contribution is 6.05. The number of benzene rings is 1. The molecule has 1 amide bonds. The Labute approximate surface area is 119 Å². The van der Waals surface area contributed by atoms with E-state index >= 15 is 0 Å². The fourth-order valence-electron chi connectivity index (χ4n) is 2.45. The lowest BCUT2D eigenvalue weighted by Gasteiger charge is -2.21. The van der Waals surface area contributed by atoms with Crippen molar-refractivity contribution in [1.82, 2.24) is 10.6 Å². The van der Waals surface area contributed by atoms with Crippen LogP contribution in [-0.4, -0.2) is 17.4 Å². The van der Waals surface area contributed by atoms with Crippen LogP contribution in [0.25, 0.3) is 0 Å². The van der Waals surface area contributed by atoms with E-state index in [0.717, 1.165) is 5.56 Å². The van der Waals surface area contributed by atoms with Gasteiger partial charge in [0.15, 0.2) is 12.0 Å². The van der Waals surface area contributed by atoms with Crippen LogP contribution in [0, 0.1) is 0 Å². The van der Waals surface area contributed by atoms with Gasteiger partial charge in [0, 0.05) is 5.54 Å². The van der Waals surface area contributed by atoms with Gasteiger partial charge in [-0.3, -0.25) is 10.1 Å². The largest absolute Gasteiger partial charge is 0.351 e. The Balaban J connectivity index is 1.82. The molecule has 20 heavy (non-hydrogen) atoms. The molecule has 4 nitrogen and oxygen atoms in total. The number of guanidine groups is 1. The average molecular weight is 271 g/mol. The Hall–Kier alpha value is -1.84. The van der Waals surface area contributed by atoms with Crippen LogP contribution in [-0.2, 0) is 4.79 Å². The molecule has 1 atom stereocenters. The van der Waals surface area contributed by atoms with Gasteiger partial charge in [0.1, 0.15) is 0 Å². The molecule has 0 spiro atoms. The first kappa shape index (κ1) is 13.2. The Morgan fingerprint density at radius 1 is 1.25 bits per heavy atom. The zero-order chi connectivity index (χ0) is 14.3. The predicted octanol–water partition coefficient (Wildman–Crippen LogP) is 2.48. The summed E-state index contributed by atoms with van der Waals surface area (Å²) < 4.78 is 0. The SMILES string of the molecule is CC(C)(C)NC1=NC(c2cccc(C3CC3)c2)C(=O)N1. The fraction of sp³-hybridized carbons (Fsp3) is 0.500. The van der Waals surface area contributed by atoms with Gasteiger partial charge in [-0.2, -0.15) is 0 Å². The molecular formula is C16H21N3O. The normalized spacial score (nSPS) is 22.4. The molecule has 1 aliphatic carbocycles. The molecule has 0 radical (unpaired) electrons. The van der Waals surface area contributed by atoms with Crippen molar-refractivity contribution in [2.45, 2.75) is 51.1 Å². The number of nitrogens with one attached hydrogen (secondary N) is 2. The van der Waals surface area contributed by atoms with Gasteiger partial charge in [-0.05, 0) is 50.7 Å². The van der Waals surface area contributed by atoms with Gasteiger partial charge in [0.25, 0.3) is 5.91 Å². The molecule has 1 fully saturated rings. The third kappa shape index (κ3) is 2.84. The lowest BCUT2D eigenvalue weighted by molar-refractivity contribution is -0.120. The van der Waals surface area contributed by atoms with Gasteiger partial charge in [0.2, 0.25) is 0 Å². The summed E-state index contributed by atoms with van der Waals surface area (Å²) in [6, 6.07) is 7.87. The van der Waals surface area contributed by atoms with Crippen molar-refractivity contribution in [1.29, 1.82) is 0 Å². The average Bonchev–Trinajstić information content (AvgIpc) is 3.13. The number of nitrogens with zero attached hydrogens (tertiary/aromatic N) is 1. The van der Waals surface area contributed by atoms with Gasteiger partial charge in [-0.15, -0.1) is 0 Å². The van der Waals surface area contributed by atoms with E-state index in [1.807, 2.05) is 32.9 Å². The molecule has 106 valence electrons. The quantitative estimate of drug-likeness (QED) is 0.868. The maximum Gasteiger partial charge on any atom is 0.256 e. The van der Waals surface area contributed by atoms with E-state index in [0.29, 0.717) is 11.9 Å². The van der Waals surface area contributed by atoms with Crippen LogP contribution in [0.3, 0.4) is 0 Å². The Morgan fingerprint density at radius 3 is 2.60 bits per heavy atom. The number of amides is 1. The number of carbonyl (C=O) groups excluding carboxylic acids is 1. The number of rotatable bonds is 2. The molecular weight excluding hydrogens is 250 g/mol. The van der Waals surface area contributed by atoms with E-state index < -0.39 is 6.04 Å². The molecule has 0 bridgehead atoms. The molecule has 2 N–H and O–H groups in total. The Bertz CT molecular complexity index is 567. The Morgan fingerprint density at radius 2 is 1.95 bits per heavy atom. The second kappa shape index (κ2) is 4.62. The topological polar surface area (TPSA) is 53.5 Å². The highest BCUT2D eigenvalue weighted by Gasteiger charge is 2.31. The standard InChI is InChI=1S/C16H21N3O/c1-16(2,3)19-15-17-13(14(20)18-15)12-6-4-5-11(9-12)10-7-8-10/h4-6,9-10,13H,7-8H2,1-3H3,(H2,17,18,19,20). The van der Waals surface area contributed by atoms with Crippen molar-refractivity contribution in [2.24, 2.45) is 4.99 Å². The molecule has 1 aromatic rings. The summed E-state index contributed by atoms with van der Waals surface area (Å²) >= 11 is 0. The van der Waals surface area contributed by atoms with E-state index in [2.05, 4.69) is 27.8 Å². The predicted molar refractivity (Wildman–Crippen MR) is 79.6 cm³/mol. The van der Waals surface area contributed by atoms with Crippen LogP contribution in [0.5, 0.6) is 0 Å². The number of aliphatic imine (C=N–C) groups is 1. The molecule has 1 aromatic carbocycles. The highest BCUT2D eigenvalue weighted by Crippen LogP contribution is 2.40. The molecule has 1 aliphatic heterocycles. The summed E-state index contributed by atoms with van der Waals surface area (Å²) in [5, 5.41) is 6.04. The molecule has 1 saturated carbocycles. The maximum absolute atomic E-state index is 12.1. The second-order valence-corrected chi connectivity index (χ2v) is 6.69. The van der Waals surface area contributed by atoms with Crippen LogP contribution >= 0.6 is 0 Å². The lowest BCUT2D eigenvalue weighted by atomic mass is 10.0. The minimum Gasteiger partial charge on any atom is -0.351 e. The molecule has 1 heterocycles. The molecule has 0 aromatic heterocycles. The number of carbonyl (C=O) groups is 1. The van der Waals surface area contributed by atoms with Crippen molar-refractivity contribution in [3.63, 3.8) is 0 Å². The van der Waals surface area contributed by atoms with Crippen molar-refractivity contribution >= 4 is 11.9 Å². The monoisotopic (exact) mass is 271 g/mol. The van der Waals surface area contributed by atoms with Crippen molar-refractivity contribution in [2.75, 3.05) is 0 Å². The molecule has 0 saturated heterocycles. The van der Waals surface area contributed by atoms with Crippen LogP contribution in [0.15, 0.2) is 29.3 Å². The third-order valence-corrected chi connectivity index (χ3v) is 3.52. The fourth-order valence-corrected chi connectivity index (χ4v) is 2.45. The summed E-state index contributed by atoms with van der Waals surface area (Å²) in [5.41, 5.74) is 2.21. The number of hydrogen-bond donors (Lipinski definition) is 2. The van der Waals surface area contributed by atoms with Crippen molar-refractivity contribution < 1.29 is 4.79 Å². The van der Waals surface area contributed by atoms with E-state index in [-0.39, 0.29) is 11.4 Å². The minimum atomic E-state index is -0.418. The van der Waals surface area contributed by atoms with E-state index in [1.165, 1.54) is 18.4 Å². The van der Waals surface area contributed by atoms with Crippen LogP contribution in [0.4, 0.5) is 0 Å². The molecule has 1 unspecified atom stereocenters. The zero-order valence-electron chi connectivity index (χ0n) is 12.2. The first-order valence-corrected chi connectivity index (χ1v) is 7.19. The number of hydrogen-bond acceptors (Lipinski definition) is 3. The van der Waals surface area contributed by atoms with Gasteiger partial charge in [-0.25, -0.2) is 4.99 Å². The Kier molecular flexibility index (Phi) is 3.04. The summed E-state index contributed by atoms with van der Waals surface area (Å²) in [7, 11) is 0. The van der Waals surface area contributed by atoms with Gasteiger partial charge in [0.05, 0.1) is 0 Å². The first-order chi connectivity index (χ1) is 9.42. The van der Waals surface area contributed by atoms with E-state index in [1.54, 1.807) is 0 Å². The third-order valence-electron chi connectivity index (χ3n) is 3.52. The first-order valence-electron chi connectivity index (χ1n) is 7.19. The van der Waals surface area contributed by atoms with Crippen LogP contribution < -0.4 is 10.6 Å². The van der Waals surface area contributed by atoms with E-state index in [9.17, 15) is 4.79 Å². The maximum atomic E-state index is 12.1. The minimum absolute atomic E-state index is 0.0512. The van der Waals surface area contributed by atoms with Crippen molar-refractivity contribution in [3.05, 3.63) is 35.4 Å². The molecule has 2 aliphatic rings. The smallest absolute Gasteiger partial charge is 0.256 e. The van der Waals surface area contributed by atoms with E-state index in [4.69, 9.17) is 0 Å². The highest BCUT2D eigenvalue weighted by atomic mass is 16.2. The summed E-state index contributed by atoms with van der Waals surface area (Å²) in [5.74, 6) is 1.21. The van der Waals surface area contributed by atoms with Gasteiger partial charge >= 0.3 is 0 Å². The molecule has 3 rings (SSSR count). The zero-order valence-corrected chi connectivity index (χ0v) is 12.2. The molecule has 4 heteroatoms. The summed E-state index contributed by atoms with van der Waals surface area (Å²) in [4.78, 5) is 16.6. The summed E-state index contributed by atoms with van der Waals surface area (Å²) in [6.07, 6.45) is 2.53. The van der Waals surface area contributed by atoms with Crippen molar-refractivity contribution in [3.8, 4) is 0 Å². The van der Waals surface area contributed by atoms with Gasteiger partial charge in [-0.1, -0.05) is 24.3 Å². The van der Waals surface area contributed by atoms with Gasteiger partial charge < -0.3 is 5.32 Å². The second-order valence-electron chi connectivity index (χ2n) is 6.69.